The Bertz CT molecular complexity index is 671. The van der Waals surface area contributed by atoms with Crippen molar-refractivity contribution in [2.24, 2.45) is 0 Å². The van der Waals surface area contributed by atoms with E-state index >= 15 is 0 Å². The predicted molar refractivity (Wildman–Crippen MR) is 82.7 cm³/mol. The van der Waals surface area contributed by atoms with E-state index in [-0.39, 0.29) is 17.5 Å². The molecule has 2 aromatic carbocycles. The third-order valence-electron chi connectivity index (χ3n) is 3.47. The van der Waals surface area contributed by atoms with Crippen molar-refractivity contribution < 1.29 is 9.18 Å². The average molecular weight is 351 g/mol. The SMILES string of the molecule is O=C(Cc1ccc(F)cc1Br)C1CSc2ccccc21. The van der Waals surface area contributed by atoms with Gasteiger partial charge < -0.3 is 0 Å². The maximum atomic E-state index is 13.1. The summed E-state index contributed by atoms with van der Waals surface area (Å²) in [5, 5.41) is 0. The van der Waals surface area contributed by atoms with Gasteiger partial charge in [0.2, 0.25) is 0 Å². The van der Waals surface area contributed by atoms with Gasteiger partial charge in [-0.15, -0.1) is 11.8 Å². The van der Waals surface area contributed by atoms with E-state index in [0.717, 1.165) is 16.9 Å². The summed E-state index contributed by atoms with van der Waals surface area (Å²) in [6, 6.07) is 12.5. The van der Waals surface area contributed by atoms with Crippen LogP contribution in [0, 0.1) is 5.82 Å². The van der Waals surface area contributed by atoms with Gasteiger partial charge in [0.15, 0.2) is 0 Å². The molecule has 1 aliphatic rings. The first-order valence-corrected chi connectivity index (χ1v) is 8.11. The van der Waals surface area contributed by atoms with Crippen molar-refractivity contribution in [3.63, 3.8) is 0 Å². The van der Waals surface area contributed by atoms with E-state index in [9.17, 15) is 9.18 Å². The molecule has 102 valence electrons. The molecule has 0 bridgehead atoms. The summed E-state index contributed by atoms with van der Waals surface area (Å²) < 4.78 is 13.7. The molecule has 1 nitrogen and oxygen atoms in total. The van der Waals surface area contributed by atoms with Crippen LogP contribution >= 0.6 is 27.7 Å². The fraction of sp³-hybridized carbons (Fsp3) is 0.188. The Kier molecular flexibility index (Phi) is 3.94. The number of hydrogen-bond donors (Lipinski definition) is 0. The lowest BCUT2D eigenvalue weighted by atomic mass is 9.93. The molecule has 1 heterocycles. The summed E-state index contributed by atoms with van der Waals surface area (Å²) in [6.07, 6.45) is 0.334. The summed E-state index contributed by atoms with van der Waals surface area (Å²) in [5.41, 5.74) is 1.96. The number of carbonyl (C=O) groups is 1. The minimum Gasteiger partial charge on any atom is -0.299 e. The van der Waals surface area contributed by atoms with Crippen LogP contribution in [0.2, 0.25) is 0 Å². The van der Waals surface area contributed by atoms with Gasteiger partial charge in [-0.3, -0.25) is 4.79 Å². The van der Waals surface area contributed by atoms with Crippen LogP contribution in [0.4, 0.5) is 4.39 Å². The quantitative estimate of drug-likeness (QED) is 0.805. The lowest BCUT2D eigenvalue weighted by Crippen LogP contribution is -2.15. The van der Waals surface area contributed by atoms with Crippen molar-refractivity contribution in [1.29, 1.82) is 0 Å². The van der Waals surface area contributed by atoms with E-state index in [0.29, 0.717) is 10.9 Å². The van der Waals surface area contributed by atoms with Crippen LogP contribution in [-0.2, 0) is 11.2 Å². The summed E-state index contributed by atoms with van der Waals surface area (Å²) in [7, 11) is 0. The highest BCUT2D eigenvalue weighted by molar-refractivity contribution is 9.10. The summed E-state index contributed by atoms with van der Waals surface area (Å²) in [5.74, 6) is 0.648. The Morgan fingerprint density at radius 3 is 2.90 bits per heavy atom. The Morgan fingerprint density at radius 2 is 2.10 bits per heavy atom. The predicted octanol–water partition coefficient (Wildman–Crippen LogP) is 4.59. The number of ketones is 1. The molecule has 0 aromatic heterocycles. The first-order valence-electron chi connectivity index (χ1n) is 6.33. The van der Waals surface area contributed by atoms with E-state index < -0.39 is 0 Å². The third-order valence-corrected chi connectivity index (χ3v) is 5.39. The molecule has 4 heteroatoms. The third kappa shape index (κ3) is 2.67. The number of halogens is 2. The summed E-state index contributed by atoms with van der Waals surface area (Å²) >= 11 is 5.05. The normalized spacial score (nSPS) is 17.0. The van der Waals surface area contributed by atoms with Crippen LogP contribution in [0.25, 0.3) is 0 Å². The van der Waals surface area contributed by atoms with Crippen molar-refractivity contribution in [2.45, 2.75) is 17.2 Å². The van der Waals surface area contributed by atoms with Crippen LogP contribution in [0.5, 0.6) is 0 Å². The standard InChI is InChI=1S/C16H12BrFOS/c17-14-8-11(18)6-5-10(14)7-15(19)13-9-20-16-4-2-1-3-12(13)16/h1-6,8,13H,7,9H2. The van der Waals surface area contributed by atoms with Gasteiger partial charge in [-0.25, -0.2) is 4.39 Å². The maximum absolute atomic E-state index is 13.1. The molecule has 0 fully saturated rings. The first-order chi connectivity index (χ1) is 9.65. The smallest absolute Gasteiger partial charge is 0.145 e. The number of Topliss-reactive ketones (excluding diaryl/α,β-unsaturated/α-hetero) is 1. The molecule has 3 rings (SSSR count). The van der Waals surface area contributed by atoms with Gasteiger partial charge in [-0.2, -0.15) is 0 Å². The molecular weight excluding hydrogens is 339 g/mol. The Hall–Kier alpha value is -1.13. The lowest BCUT2D eigenvalue weighted by Gasteiger charge is -2.10. The first kappa shape index (κ1) is 13.8. The van der Waals surface area contributed by atoms with Gasteiger partial charge in [0.25, 0.3) is 0 Å². The molecule has 0 N–H and O–H groups in total. The number of fused-ring (bicyclic) bond motifs is 1. The van der Waals surface area contributed by atoms with Gasteiger partial charge >= 0.3 is 0 Å². The van der Waals surface area contributed by atoms with Crippen LogP contribution in [-0.4, -0.2) is 11.5 Å². The molecule has 0 aliphatic carbocycles. The van der Waals surface area contributed by atoms with Gasteiger partial charge in [0.05, 0.1) is 5.92 Å². The number of hydrogen-bond acceptors (Lipinski definition) is 2. The van der Waals surface area contributed by atoms with Crippen molar-refractivity contribution in [3.8, 4) is 0 Å². The van der Waals surface area contributed by atoms with Crippen LogP contribution in [0.1, 0.15) is 17.0 Å². The number of rotatable bonds is 3. The van der Waals surface area contributed by atoms with Crippen molar-refractivity contribution >= 4 is 33.5 Å². The summed E-state index contributed by atoms with van der Waals surface area (Å²) in [4.78, 5) is 13.7. The largest absolute Gasteiger partial charge is 0.299 e. The van der Waals surface area contributed by atoms with Crippen LogP contribution in [0.15, 0.2) is 51.8 Å². The molecule has 1 atom stereocenters. The molecule has 0 radical (unpaired) electrons. The highest BCUT2D eigenvalue weighted by Crippen LogP contribution is 2.40. The topological polar surface area (TPSA) is 17.1 Å². The zero-order valence-electron chi connectivity index (χ0n) is 10.6. The van der Waals surface area contributed by atoms with Gasteiger partial charge in [-0.05, 0) is 29.3 Å². The molecule has 1 aliphatic heterocycles. The minimum atomic E-state index is -0.296. The minimum absolute atomic E-state index is 0.0480. The molecule has 1 unspecified atom stereocenters. The fourth-order valence-corrected chi connectivity index (χ4v) is 4.16. The Morgan fingerprint density at radius 1 is 1.30 bits per heavy atom. The Balaban J connectivity index is 1.81. The van der Waals surface area contributed by atoms with E-state index in [1.807, 2.05) is 18.2 Å². The highest BCUT2D eigenvalue weighted by Gasteiger charge is 2.28. The monoisotopic (exact) mass is 350 g/mol. The molecule has 0 spiro atoms. The number of thioether (sulfide) groups is 1. The van der Waals surface area contributed by atoms with Gasteiger partial charge in [-0.1, -0.05) is 40.2 Å². The zero-order chi connectivity index (χ0) is 14.1. The second-order valence-electron chi connectivity index (χ2n) is 4.78. The number of carbonyl (C=O) groups excluding carboxylic acids is 1. The fourth-order valence-electron chi connectivity index (χ4n) is 2.41. The molecule has 0 amide bonds. The summed E-state index contributed by atoms with van der Waals surface area (Å²) in [6.45, 7) is 0. The van der Waals surface area contributed by atoms with Crippen LogP contribution in [0.3, 0.4) is 0 Å². The lowest BCUT2D eigenvalue weighted by molar-refractivity contribution is -0.119. The second kappa shape index (κ2) is 5.70. The van der Waals surface area contributed by atoms with Gasteiger partial charge in [0.1, 0.15) is 11.6 Å². The van der Waals surface area contributed by atoms with Crippen LogP contribution < -0.4 is 0 Å². The van der Waals surface area contributed by atoms with E-state index in [4.69, 9.17) is 0 Å². The average Bonchev–Trinajstić information content (AvgIpc) is 2.86. The maximum Gasteiger partial charge on any atom is 0.145 e. The van der Waals surface area contributed by atoms with E-state index in [2.05, 4.69) is 22.0 Å². The highest BCUT2D eigenvalue weighted by atomic mass is 79.9. The molecule has 20 heavy (non-hydrogen) atoms. The molecular formula is C16H12BrFOS. The zero-order valence-corrected chi connectivity index (χ0v) is 13.0. The number of benzene rings is 2. The van der Waals surface area contributed by atoms with E-state index in [1.54, 1.807) is 17.8 Å². The van der Waals surface area contributed by atoms with E-state index in [1.165, 1.54) is 17.0 Å². The van der Waals surface area contributed by atoms with Gasteiger partial charge in [0, 0.05) is 21.5 Å². The Labute approximate surface area is 129 Å². The van der Waals surface area contributed by atoms with Crippen molar-refractivity contribution in [2.75, 3.05) is 5.75 Å². The molecule has 0 saturated heterocycles. The second-order valence-corrected chi connectivity index (χ2v) is 6.70. The molecule has 0 saturated carbocycles. The van der Waals surface area contributed by atoms with Crippen molar-refractivity contribution in [3.05, 3.63) is 63.9 Å². The molecule has 2 aromatic rings. The van der Waals surface area contributed by atoms with Crippen molar-refractivity contribution in [1.82, 2.24) is 0 Å².